The van der Waals surface area contributed by atoms with Gasteiger partial charge in [-0.25, -0.2) is 0 Å². The summed E-state index contributed by atoms with van der Waals surface area (Å²) >= 11 is 0. The summed E-state index contributed by atoms with van der Waals surface area (Å²) in [6, 6.07) is 2.07. The van der Waals surface area contributed by atoms with Gasteiger partial charge in [0, 0.05) is 18.8 Å². The van der Waals surface area contributed by atoms with Gasteiger partial charge in [0.25, 0.3) is 0 Å². The number of rotatable bonds is 1. The predicted molar refractivity (Wildman–Crippen MR) is 41.7 cm³/mol. The third-order valence-corrected chi connectivity index (χ3v) is 2.36. The van der Waals surface area contributed by atoms with E-state index in [1.165, 1.54) is 0 Å². The molecule has 0 saturated heterocycles. The van der Waals surface area contributed by atoms with Crippen LogP contribution in [-0.2, 0) is 4.79 Å². The fraction of sp³-hybridized carbons (Fsp3) is 0.778. The van der Waals surface area contributed by atoms with Crippen LogP contribution in [0.2, 0.25) is 0 Å². The first-order chi connectivity index (χ1) is 5.24. The molecule has 0 amide bonds. The van der Waals surface area contributed by atoms with E-state index in [1.54, 1.807) is 0 Å². The summed E-state index contributed by atoms with van der Waals surface area (Å²) in [5.74, 6) is 0.972. The lowest BCUT2D eigenvalue weighted by atomic mass is 9.80. The van der Waals surface area contributed by atoms with Crippen LogP contribution in [0.15, 0.2) is 0 Å². The summed E-state index contributed by atoms with van der Waals surface area (Å²) in [4.78, 5) is 11.2. The maximum absolute atomic E-state index is 11.2. The molecule has 0 N–H and O–H groups in total. The molecule has 0 unspecified atom stereocenters. The topological polar surface area (TPSA) is 40.9 Å². The highest BCUT2D eigenvalue weighted by atomic mass is 16.1. The second-order valence-electron chi connectivity index (χ2n) is 3.41. The number of Topliss-reactive ketones (excluding diaryl/α,β-unsaturated/α-hetero) is 1. The van der Waals surface area contributed by atoms with Crippen LogP contribution in [0.1, 0.15) is 32.6 Å². The number of hydrogen-bond acceptors (Lipinski definition) is 2. The summed E-state index contributed by atoms with van der Waals surface area (Å²) in [5, 5.41) is 8.42. The van der Waals surface area contributed by atoms with Gasteiger partial charge in [-0.3, -0.25) is 4.79 Å². The number of ketones is 1. The fourth-order valence-corrected chi connectivity index (χ4v) is 1.64. The van der Waals surface area contributed by atoms with Crippen LogP contribution < -0.4 is 0 Å². The van der Waals surface area contributed by atoms with E-state index in [9.17, 15) is 4.79 Å². The predicted octanol–water partition coefficient (Wildman–Crippen LogP) is 1.91. The number of nitriles is 1. The number of nitrogens with zero attached hydrogens (tertiary/aromatic N) is 1. The molecule has 1 aliphatic carbocycles. The zero-order valence-corrected chi connectivity index (χ0v) is 6.84. The van der Waals surface area contributed by atoms with Gasteiger partial charge in [0.2, 0.25) is 0 Å². The largest absolute Gasteiger partial charge is 0.299 e. The minimum absolute atomic E-state index is 0.0451. The SMILES string of the molecule is C[C@H]1CCC(=O)[C@H](CC#N)C1. The van der Waals surface area contributed by atoms with E-state index in [2.05, 4.69) is 13.0 Å². The highest BCUT2D eigenvalue weighted by Crippen LogP contribution is 2.27. The van der Waals surface area contributed by atoms with Crippen molar-refractivity contribution in [1.29, 1.82) is 5.26 Å². The smallest absolute Gasteiger partial charge is 0.137 e. The summed E-state index contributed by atoms with van der Waals surface area (Å²) in [5.41, 5.74) is 0. The first-order valence-electron chi connectivity index (χ1n) is 4.13. The first kappa shape index (κ1) is 8.26. The van der Waals surface area contributed by atoms with Gasteiger partial charge in [-0.05, 0) is 18.8 Å². The number of carbonyl (C=O) groups excluding carboxylic acids is 1. The standard InChI is InChI=1S/C9H13NO/c1-7-2-3-9(11)8(6-7)4-5-10/h7-8H,2-4,6H2,1H3/t7-,8+/m0/s1. The molecule has 1 fully saturated rings. The first-order valence-corrected chi connectivity index (χ1v) is 4.13. The Morgan fingerprint density at radius 3 is 3.09 bits per heavy atom. The van der Waals surface area contributed by atoms with Crippen LogP contribution in [-0.4, -0.2) is 5.78 Å². The average molecular weight is 151 g/mol. The molecule has 1 aliphatic rings. The minimum Gasteiger partial charge on any atom is -0.299 e. The average Bonchev–Trinajstić information content (AvgIpc) is 1.98. The Bertz CT molecular complexity index is 192. The van der Waals surface area contributed by atoms with Crippen LogP contribution in [0, 0.1) is 23.2 Å². The molecule has 2 atom stereocenters. The summed E-state index contributed by atoms with van der Waals surface area (Å²) in [7, 11) is 0. The fourth-order valence-electron chi connectivity index (χ4n) is 1.64. The van der Waals surface area contributed by atoms with Crippen molar-refractivity contribution in [1.82, 2.24) is 0 Å². The quantitative estimate of drug-likeness (QED) is 0.574. The molecule has 0 aromatic carbocycles. The van der Waals surface area contributed by atoms with Crippen LogP contribution in [0.25, 0.3) is 0 Å². The Labute approximate surface area is 67.2 Å². The van der Waals surface area contributed by atoms with Gasteiger partial charge in [0.1, 0.15) is 5.78 Å². The van der Waals surface area contributed by atoms with E-state index in [1.807, 2.05) is 0 Å². The normalized spacial score (nSPS) is 31.5. The number of hydrogen-bond donors (Lipinski definition) is 0. The lowest BCUT2D eigenvalue weighted by Crippen LogP contribution is -2.23. The molecule has 0 spiro atoms. The molecule has 60 valence electrons. The van der Waals surface area contributed by atoms with Crippen molar-refractivity contribution in [3.8, 4) is 6.07 Å². The molecule has 0 aromatic rings. The Hall–Kier alpha value is -0.840. The zero-order valence-electron chi connectivity index (χ0n) is 6.84. The molecular formula is C9H13NO. The van der Waals surface area contributed by atoms with Crippen LogP contribution >= 0.6 is 0 Å². The molecule has 2 heteroatoms. The van der Waals surface area contributed by atoms with Crippen molar-refractivity contribution < 1.29 is 4.79 Å². The Balaban J connectivity index is 2.49. The third kappa shape index (κ3) is 2.04. The van der Waals surface area contributed by atoms with Crippen molar-refractivity contribution >= 4 is 5.78 Å². The minimum atomic E-state index is 0.0451. The van der Waals surface area contributed by atoms with E-state index in [0.29, 0.717) is 24.5 Å². The molecule has 0 radical (unpaired) electrons. The number of carbonyl (C=O) groups is 1. The van der Waals surface area contributed by atoms with E-state index >= 15 is 0 Å². The van der Waals surface area contributed by atoms with Gasteiger partial charge in [-0.1, -0.05) is 6.92 Å². The lowest BCUT2D eigenvalue weighted by molar-refractivity contribution is -0.125. The second-order valence-corrected chi connectivity index (χ2v) is 3.41. The highest BCUT2D eigenvalue weighted by molar-refractivity contribution is 5.81. The summed E-state index contributed by atoms with van der Waals surface area (Å²) in [6.45, 7) is 2.15. The van der Waals surface area contributed by atoms with Crippen molar-refractivity contribution in [2.45, 2.75) is 32.6 Å². The van der Waals surface area contributed by atoms with Crippen LogP contribution in [0.3, 0.4) is 0 Å². The molecule has 11 heavy (non-hydrogen) atoms. The molecule has 0 heterocycles. The van der Waals surface area contributed by atoms with Crippen molar-refractivity contribution in [2.75, 3.05) is 0 Å². The Morgan fingerprint density at radius 1 is 1.73 bits per heavy atom. The van der Waals surface area contributed by atoms with E-state index in [-0.39, 0.29) is 5.92 Å². The molecular weight excluding hydrogens is 138 g/mol. The molecule has 1 rings (SSSR count). The lowest BCUT2D eigenvalue weighted by Gasteiger charge is -2.23. The molecule has 1 saturated carbocycles. The molecule has 0 aliphatic heterocycles. The van der Waals surface area contributed by atoms with Crippen LogP contribution in [0.5, 0.6) is 0 Å². The van der Waals surface area contributed by atoms with Crippen molar-refractivity contribution in [2.24, 2.45) is 11.8 Å². The van der Waals surface area contributed by atoms with Gasteiger partial charge in [0.05, 0.1) is 6.07 Å². The van der Waals surface area contributed by atoms with E-state index in [4.69, 9.17) is 5.26 Å². The second kappa shape index (κ2) is 3.52. The van der Waals surface area contributed by atoms with Gasteiger partial charge >= 0.3 is 0 Å². The van der Waals surface area contributed by atoms with E-state index in [0.717, 1.165) is 12.8 Å². The van der Waals surface area contributed by atoms with Crippen LogP contribution in [0.4, 0.5) is 0 Å². The molecule has 0 bridgehead atoms. The van der Waals surface area contributed by atoms with Gasteiger partial charge < -0.3 is 0 Å². The highest BCUT2D eigenvalue weighted by Gasteiger charge is 2.25. The monoisotopic (exact) mass is 151 g/mol. The summed E-state index contributed by atoms with van der Waals surface area (Å²) in [6.07, 6.45) is 3.05. The van der Waals surface area contributed by atoms with Gasteiger partial charge in [-0.2, -0.15) is 5.26 Å². The molecule has 0 aromatic heterocycles. The van der Waals surface area contributed by atoms with Crippen molar-refractivity contribution in [3.63, 3.8) is 0 Å². The Morgan fingerprint density at radius 2 is 2.45 bits per heavy atom. The molecule has 2 nitrogen and oxygen atoms in total. The van der Waals surface area contributed by atoms with Gasteiger partial charge in [-0.15, -0.1) is 0 Å². The van der Waals surface area contributed by atoms with Gasteiger partial charge in [0.15, 0.2) is 0 Å². The third-order valence-electron chi connectivity index (χ3n) is 2.36. The maximum atomic E-state index is 11.2. The van der Waals surface area contributed by atoms with Crippen molar-refractivity contribution in [3.05, 3.63) is 0 Å². The maximum Gasteiger partial charge on any atom is 0.137 e. The van der Waals surface area contributed by atoms with E-state index < -0.39 is 0 Å². The zero-order chi connectivity index (χ0) is 8.27. The summed E-state index contributed by atoms with van der Waals surface area (Å²) < 4.78 is 0. The Kier molecular flexibility index (Phi) is 2.64.